The average molecular weight is 322 g/mol. The fraction of sp³-hybridized carbons (Fsp3) is 0.571. The van der Waals surface area contributed by atoms with Gasteiger partial charge in [0.1, 0.15) is 4.70 Å². The summed E-state index contributed by atoms with van der Waals surface area (Å²) in [6.45, 7) is 5.78. The molecule has 3 rings (SSSR count). The lowest BCUT2D eigenvalue weighted by Crippen LogP contribution is -2.28. The lowest BCUT2D eigenvalue weighted by atomic mass is 9.85. The molecule has 8 heteroatoms. The average Bonchev–Trinajstić information content (AvgIpc) is 2.81. The summed E-state index contributed by atoms with van der Waals surface area (Å²) in [5.41, 5.74) is 0.0836. The van der Waals surface area contributed by atoms with E-state index in [2.05, 4.69) is 15.4 Å². The number of thiazole rings is 1. The molecule has 2 N–H and O–H groups in total. The van der Waals surface area contributed by atoms with Crippen LogP contribution in [0.4, 0.5) is 5.13 Å². The van der Waals surface area contributed by atoms with Crippen LogP contribution >= 0.6 is 11.3 Å². The first-order valence-corrected chi connectivity index (χ1v) is 8.03. The quantitative estimate of drug-likeness (QED) is 0.905. The Morgan fingerprint density at radius 2 is 2.05 bits per heavy atom. The molecular weight excluding hydrogens is 304 g/mol. The maximum absolute atomic E-state index is 12.0. The third kappa shape index (κ3) is 2.47. The van der Waals surface area contributed by atoms with Crippen LogP contribution in [0, 0.1) is 5.92 Å². The zero-order valence-electron chi connectivity index (χ0n) is 12.7. The van der Waals surface area contributed by atoms with Crippen LogP contribution in [0.1, 0.15) is 50.5 Å². The number of nitrogens with zero attached hydrogens (tertiary/aromatic N) is 3. The lowest BCUT2D eigenvalue weighted by molar-refractivity contribution is -0.122. The fourth-order valence-corrected chi connectivity index (χ4v) is 3.27. The highest BCUT2D eigenvalue weighted by Gasteiger charge is 2.29. The maximum Gasteiger partial charge on any atom is 0.357 e. The van der Waals surface area contributed by atoms with Crippen molar-refractivity contribution in [2.75, 3.05) is 5.32 Å². The molecule has 118 valence electrons. The predicted octanol–water partition coefficient (Wildman–Crippen LogP) is 2.68. The normalized spacial score (nSPS) is 15.8. The molecule has 0 radical (unpaired) electrons. The minimum Gasteiger partial charge on any atom is -0.476 e. The van der Waals surface area contributed by atoms with E-state index in [1.54, 1.807) is 4.68 Å². The van der Waals surface area contributed by atoms with Crippen LogP contribution in [-0.4, -0.2) is 31.7 Å². The summed E-state index contributed by atoms with van der Waals surface area (Å²) >= 11 is 1.16. The molecule has 0 aromatic carbocycles. The van der Waals surface area contributed by atoms with Crippen molar-refractivity contribution in [3.63, 3.8) is 0 Å². The van der Waals surface area contributed by atoms with Crippen LogP contribution in [0.25, 0.3) is 10.3 Å². The standard InChI is InChI=1S/C14H18N4O3S/c1-14(2,3)18-10-9(8(17-18)12(20)21)22-13(15-10)16-11(19)7-5-4-6-7/h7H,4-6H2,1-3H3,(H,20,21)(H,15,16,19). The topological polar surface area (TPSA) is 97.1 Å². The second kappa shape index (κ2) is 5.05. The van der Waals surface area contributed by atoms with Gasteiger partial charge in [0.25, 0.3) is 0 Å². The number of anilines is 1. The molecular formula is C14H18N4O3S. The Labute approximate surface area is 131 Å². The van der Waals surface area contributed by atoms with Crippen molar-refractivity contribution in [2.24, 2.45) is 5.92 Å². The van der Waals surface area contributed by atoms with Gasteiger partial charge in [-0.1, -0.05) is 17.8 Å². The van der Waals surface area contributed by atoms with Gasteiger partial charge in [-0.25, -0.2) is 9.48 Å². The summed E-state index contributed by atoms with van der Waals surface area (Å²) in [5, 5.41) is 16.7. The number of hydrogen-bond acceptors (Lipinski definition) is 5. The molecule has 0 atom stereocenters. The van der Waals surface area contributed by atoms with Crippen molar-refractivity contribution in [1.82, 2.24) is 14.8 Å². The van der Waals surface area contributed by atoms with Crippen LogP contribution in [0.5, 0.6) is 0 Å². The lowest BCUT2D eigenvalue weighted by Gasteiger charge is -2.23. The molecule has 0 spiro atoms. The molecule has 0 bridgehead atoms. The van der Waals surface area contributed by atoms with Crippen LogP contribution < -0.4 is 5.32 Å². The first kappa shape index (κ1) is 15.0. The monoisotopic (exact) mass is 322 g/mol. The van der Waals surface area contributed by atoms with Gasteiger partial charge in [-0.15, -0.1) is 0 Å². The fourth-order valence-electron chi connectivity index (χ4n) is 2.34. The summed E-state index contributed by atoms with van der Waals surface area (Å²) in [6.07, 6.45) is 2.90. The number of hydrogen-bond donors (Lipinski definition) is 2. The van der Waals surface area contributed by atoms with Crippen LogP contribution in [0.15, 0.2) is 0 Å². The number of carbonyl (C=O) groups is 2. The van der Waals surface area contributed by atoms with E-state index in [4.69, 9.17) is 0 Å². The summed E-state index contributed by atoms with van der Waals surface area (Å²) in [7, 11) is 0. The van der Waals surface area contributed by atoms with Gasteiger partial charge in [-0.05, 0) is 33.6 Å². The molecule has 1 fully saturated rings. The number of aromatic carboxylic acids is 1. The summed E-state index contributed by atoms with van der Waals surface area (Å²) in [4.78, 5) is 27.8. The second-order valence-corrected chi connectivity index (χ2v) is 7.52. The van der Waals surface area contributed by atoms with Crippen LogP contribution in [0.2, 0.25) is 0 Å². The van der Waals surface area contributed by atoms with Gasteiger partial charge in [-0.3, -0.25) is 4.79 Å². The van der Waals surface area contributed by atoms with Gasteiger partial charge >= 0.3 is 5.97 Å². The van der Waals surface area contributed by atoms with E-state index in [0.29, 0.717) is 15.5 Å². The molecule has 22 heavy (non-hydrogen) atoms. The Morgan fingerprint density at radius 3 is 2.55 bits per heavy atom. The highest BCUT2D eigenvalue weighted by atomic mass is 32.1. The largest absolute Gasteiger partial charge is 0.476 e. The number of amides is 1. The highest BCUT2D eigenvalue weighted by Crippen LogP contribution is 2.33. The summed E-state index contributed by atoms with van der Waals surface area (Å²) < 4.78 is 2.09. The maximum atomic E-state index is 12.0. The Kier molecular flexibility index (Phi) is 3.43. The Hall–Kier alpha value is -1.96. The molecule has 1 saturated carbocycles. The van der Waals surface area contributed by atoms with Gasteiger partial charge < -0.3 is 10.4 Å². The van der Waals surface area contributed by atoms with E-state index in [1.165, 1.54) is 0 Å². The molecule has 7 nitrogen and oxygen atoms in total. The van der Waals surface area contributed by atoms with Crippen molar-refractivity contribution < 1.29 is 14.7 Å². The molecule has 2 heterocycles. The van der Waals surface area contributed by atoms with Crippen molar-refractivity contribution in [2.45, 2.75) is 45.6 Å². The molecule has 0 saturated heterocycles. The number of carboxylic acid groups (broad SMARTS) is 1. The van der Waals surface area contributed by atoms with Crippen molar-refractivity contribution in [3.05, 3.63) is 5.69 Å². The Morgan fingerprint density at radius 1 is 1.36 bits per heavy atom. The zero-order chi connectivity index (χ0) is 16.1. The van der Waals surface area contributed by atoms with Gasteiger partial charge in [0.2, 0.25) is 5.91 Å². The predicted molar refractivity (Wildman–Crippen MR) is 83.3 cm³/mol. The number of nitrogens with one attached hydrogen (secondary N) is 1. The first-order chi connectivity index (χ1) is 10.3. The third-order valence-corrected chi connectivity index (χ3v) is 4.74. The van der Waals surface area contributed by atoms with E-state index in [0.717, 1.165) is 30.6 Å². The Bertz CT molecular complexity index is 752. The smallest absolute Gasteiger partial charge is 0.357 e. The van der Waals surface area contributed by atoms with Crippen molar-refractivity contribution >= 4 is 38.7 Å². The van der Waals surface area contributed by atoms with E-state index in [1.807, 2.05) is 20.8 Å². The van der Waals surface area contributed by atoms with E-state index < -0.39 is 11.5 Å². The van der Waals surface area contributed by atoms with Crippen molar-refractivity contribution in [3.8, 4) is 0 Å². The number of fused-ring (bicyclic) bond motifs is 1. The van der Waals surface area contributed by atoms with E-state index in [9.17, 15) is 14.7 Å². The molecule has 2 aromatic rings. The van der Waals surface area contributed by atoms with E-state index in [-0.39, 0.29) is 17.5 Å². The van der Waals surface area contributed by atoms with Gasteiger partial charge in [-0.2, -0.15) is 10.1 Å². The summed E-state index contributed by atoms with van der Waals surface area (Å²) in [6, 6.07) is 0. The molecule has 1 aliphatic carbocycles. The summed E-state index contributed by atoms with van der Waals surface area (Å²) in [5.74, 6) is -1.06. The van der Waals surface area contributed by atoms with E-state index >= 15 is 0 Å². The molecule has 0 aliphatic heterocycles. The Balaban J connectivity index is 2.00. The molecule has 1 amide bonds. The molecule has 0 unspecified atom stereocenters. The minimum atomic E-state index is -1.09. The SMILES string of the molecule is CC(C)(C)n1nc(C(=O)O)c2sc(NC(=O)C3CCC3)nc21. The van der Waals surface area contributed by atoms with Gasteiger partial charge in [0, 0.05) is 5.92 Å². The molecule has 1 aliphatic rings. The van der Waals surface area contributed by atoms with Crippen LogP contribution in [0.3, 0.4) is 0 Å². The first-order valence-electron chi connectivity index (χ1n) is 7.21. The number of aromatic nitrogens is 3. The third-order valence-electron chi connectivity index (χ3n) is 3.77. The second-order valence-electron chi connectivity index (χ2n) is 6.53. The number of carboxylic acids is 1. The zero-order valence-corrected chi connectivity index (χ0v) is 13.5. The minimum absolute atomic E-state index is 0.0217. The van der Waals surface area contributed by atoms with Gasteiger partial charge in [0.05, 0.1) is 5.54 Å². The highest BCUT2D eigenvalue weighted by molar-refractivity contribution is 7.22. The van der Waals surface area contributed by atoms with Gasteiger partial charge in [0.15, 0.2) is 16.5 Å². The number of carbonyl (C=O) groups excluding carboxylic acids is 1. The van der Waals surface area contributed by atoms with Crippen molar-refractivity contribution in [1.29, 1.82) is 0 Å². The molecule has 2 aromatic heterocycles. The number of rotatable bonds is 3. The van der Waals surface area contributed by atoms with Crippen LogP contribution in [-0.2, 0) is 10.3 Å².